The van der Waals surface area contributed by atoms with E-state index < -0.39 is 0 Å². The van der Waals surface area contributed by atoms with Gasteiger partial charge in [-0.2, -0.15) is 0 Å². The van der Waals surface area contributed by atoms with Crippen molar-refractivity contribution in [2.45, 2.75) is 26.2 Å². The van der Waals surface area contributed by atoms with Crippen molar-refractivity contribution in [3.63, 3.8) is 0 Å². The first-order valence-corrected chi connectivity index (χ1v) is 6.70. The Morgan fingerprint density at radius 2 is 2.21 bits per heavy atom. The van der Waals surface area contributed by atoms with Crippen LogP contribution in [0.15, 0.2) is 18.2 Å². The summed E-state index contributed by atoms with van der Waals surface area (Å²) in [6, 6.07) is 5.38. The quantitative estimate of drug-likeness (QED) is 0.772. The molecular formula is C15H22N2O2. The molecule has 1 saturated carbocycles. The molecule has 0 unspecified atom stereocenters. The Hall–Kier alpha value is -1.55. The van der Waals surface area contributed by atoms with E-state index in [0.717, 1.165) is 25.1 Å². The van der Waals surface area contributed by atoms with Gasteiger partial charge in [0.15, 0.2) is 0 Å². The normalized spacial score (nSPS) is 16.1. The number of ether oxygens (including phenoxy) is 1. The van der Waals surface area contributed by atoms with Gasteiger partial charge in [0.25, 0.3) is 5.91 Å². The van der Waals surface area contributed by atoms with E-state index in [4.69, 9.17) is 10.5 Å². The van der Waals surface area contributed by atoms with Gasteiger partial charge in [0.2, 0.25) is 0 Å². The molecule has 0 atom stereocenters. The third-order valence-electron chi connectivity index (χ3n) is 3.91. The second-order valence-corrected chi connectivity index (χ2v) is 5.50. The number of anilines is 1. The van der Waals surface area contributed by atoms with Crippen molar-refractivity contribution < 1.29 is 9.53 Å². The number of amides is 1. The van der Waals surface area contributed by atoms with Crippen molar-refractivity contribution >= 4 is 11.6 Å². The highest BCUT2D eigenvalue weighted by molar-refractivity contribution is 5.96. The van der Waals surface area contributed by atoms with E-state index >= 15 is 0 Å². The molecule has 1 aromatic carbocycles. The van der Waals surface area contributed by atoms with Gasteiger partial charge in [-0.15, -0.1) is 0 Å². The molecule has 19 heavy (non-hydrogen) atoms. The summed E-state index contributed by atoms with van der Waals surface area (Å²) >= 11 is 0. The number of nitrogens with two attached hydrogens (primary N) is 1. The molecule has 4 heteroatoms. The van der Waals surface area contributed by atoms with Gasteiger partial charge in [0.05, 0.1) is 0 Å². The van der Waals surface area contributed by atoms with Gasteiger partial charge in [0, 0.05) is 31.5 Å². The van der Waals surface area contributed by atoms with Gasteiger partial charge in [-0.1, -0.05) is 0 Å². The molecular weight excluding hydrogens is 240 g/mol. The van der Waals surface area contributed by atoms with Crippen LogP contribution in [0.1, 0.15) is 35.2 Å². The van der Waals surface area contributed by atoms with Crippen molar-refractivity contribution in [1.82, 2.24) is 5.32 Å². The van der Waals surface area contributed by atoms with Crippen molar-refractivity contribution in [2.24, 2.45) is 5.41 Å². The predicted molar refractivity (Wildman–Crippen MR) is 76.1 cm³/mol. The average Bonchev–Trinajstić information content (AvgIpc) is 3.14. The van der Waals surface area contributed by atoms with Crippen LogP contribution < -0.4 is 11.1 Å². The fourth-order valence-corrected chi connectivity index (χ4v) is 2.32. The van der Waals surface area contributed by atoms with Crippen LogP contribution in [0.4, 0.5) is 5.69 Å². The van der Waals surface area contributed by atoms with Crippen LogP contribution in [-0.2, 0) is 4.74 Å². The minimum atomic E-state index is -0.0128. The van der Waals surface area contributed by atoms with E-state index in [-0.39, 0.29) is 11.3 Å². The van der Waals surface area contributed by atoms with Crippen LogP contribution in [0, 0.1) is 12.3 Å². The molecule has 0 spiro atoms. The Morgan fingerprint density at radius 3 is 2.79 bits per heavy atom. The molecule has 1 aromatic rings. The number of rotatable bonds is 6. The zero-order chi connectivity index (χ0) is 13.9. The zero-order valence-electron chi connectivity index (χ0n) is 11.7. The molecule has 1 fully saturated rings. The van der Waals surface area contributed by atoms with Gasteiger partial charge in [0.1, 0.15) is 0 Å². The third-order valence-corrected chi connectivity index (χ3v) is 3.91. The molecule has 4 nitrogen and oxygen atoms in total. The highest BCUT2D eigenvalue weighted by Gasteiger charge is 2.42. The lowest BCUT2D eigenvalue weighted by atomic mass is 10.0. The fourth-order valence-electron chi connectivity index (χ4n) is 2.32. The van der Waals surface area contributed by atoms with Crippen LogP contribution in [0.5, 0.6) is 0 Å². The number of nitrogens with one attached hydrogen (secondary N) is 1. The first-order valence-electron chi connectivity index (χ1n) is 6.70. The molecule has 1 amide bonds. The van der Waals surface area contributed by atoms with E-state index in [2.05, 4.69) is 5.32 Å². The Labute approximate surface area is 114 Å². The number of aryl methyl sites for hydroxylation is 1. The van der Waals surface area contributed by atoms with Crippen molar-refractivity contribution in [1.29, 1.82) is 0 Å². The van der Waals surface area contributed by atoms with E-state index in [1.165, 1.54) is 12.8 Å². The van der Waals surface area contributed by atoms with Crippen LogP contribution in [0.2, 0.25) is 0 Å². The summed E-state index contributed by atoms with van der Waals surface area (Å²) in [5.41, 5.74) is 8.27. The van der Waals surface area contributed by atoms with E-state index in [0.29, 0.717) is 11.3 Å². The predicted octanol–water partition coefficient (Wildman–Crippen LogP) is 2.12. The topological polar surface area (TPSA) is 64.3 Å². The molecule has 1 aliphatic carbocycles. The Balaban J connectivity index is 1.91. The summed E-state index contributed by atoms with van der Waals surface area (Å²) < 4.78 is 5.11. The van der Waals surface area contributed by atoms with Crippen molar-refractivity contribution in [3.05, 3.63) is 29.3 Å². The Morgan fingerprint density at radius 1 is 1.47 bits per heavy atom. The van der Waals surface area contributed by atoms with Crippen LogP contribution in [0.3, 0.4) is 0 Å². The van der Waals surface area contributed by atoms with Gasteiger partial charge >= 0.3 is 0 Å². The Kier molecular flexibility index (Phi) is 4.10. The van der Waals surface area contributed by atoms with Crippen LogP contribution in [-0.4, -0.2) is 26.2 Å². The van der Waals surface area contributed by atoms with E-state index in [1.807, 2.05) is 13.0 Å². The van der Waals surface area contributed by atoms with Crippen molar-refractivity contribution in [3.8, 4) is 0 Å². The lowest BCUT2D eigenvalue weighted by Crippen LogP contribution is -2.31. The number of methoxy groups -OCH3 is 1. The third kappa shape index (κ3) is 3.47. The van der Waals surface area contributed by atoms with Crippen LogP contribution in [0.25, 0.3) is 0 Å². The highest BCUT2D eigenvalue weighted by Crippen LogP contribution is 2.48. The second kappa shape index (κ2) is 5.61. The van der Waals surface area contributed by atoms with E-state index in [9.17, 15) is 4.79 Å². The van der Waals surface area contributed by atoms with Gasteiger partial charge in [-0.3, -0.25) is 4.79 Å². The summed E-state index contributed by atoms with van der Waals surface area (Å²) in [4.78, 5) is 12.1. The maximum atomic E-state index is 12.1. The summed E-state index contributed by atoms with van der Waals surface area (Å²) in [7, 11) is 1.71. The maximum Gasteiger partial charge on any atom is 0.251 e. The monoisotopic (exact) mass is 262 g/mol. The molecule has 0 bridgehead atoms. The van der Waals surface area contributed by atoms with Gasteiger partial charge < -0.3 is 15.8 Å². The summed E-state index contributed by atoms with van der Waals surface area (Å²) in [6.07, 6.45) is 3.37. The smallest absolute Gasteiger partial charge is 0.251 e. The summed E-state index contributed by atoms with van der Waals surface area (Å²) in [6.45, 7) is 3.40. The van der Waals surface area contributed by atoms with Gasteiger partial charge in [-0.25, -0.2) is 0 Å². The summed E-state index contributed by atoms with van der Waals surface area (Å²) in [5.74, 6) is -0.0128. The molecule has 1 aliphatic rings. The standard InChI is InChI=1S/C15H22N2O2/c1-11-9-12(16)3-4-13(11)14(18)17-10-15(5-6-15)7-8-19-2/h3-4,9H,5-8,10,16H2,1-2H3,(H,17,18). The first-order chi connectivity index (χ1) is 9.06. The Bertz CT molecular complexity index is 467. The maximum absolute atomic E-state index is 12.1. The van der Waals surface area contributed by atoms with Gasteiger partial charge in [-0.05, 0) is 55.4 Å². The number of benzene rings is 1. The van der Waals surface area contributed by atoms with E-state index in [1.54, 1.807) is 19.2 Å². The lowest BCUT2D eigenvalue weighted by Gasteiger charge is -2.16. The molecule has 0 aromatic heterocycles. The highest BCUT2D eigenvalue weighted by atomic mass is 16.5. The number of carbonyl (C=O) groups excluding carboxylic acids is 1. The first kappa shape index (κ1) is 13.9. The van der Waals surface area contributed by atoms with Crippen molar-refractivity contribution in [2.75, 3.05) is 26.0 Å². The zero-order valence-corrected chi connectivity index (χ0v) is 11.7. The molecule has 0 heterocycles. The summed E-state index contributed by atoms with van der Waals surface area (Å²) in [5, 5.41) is 3.04. The molecule has 0 radical (unpaired) electrons. The minimum absolute atomic E-state index is 0.0128. The van der Waals surface area contributed by atoms with Crippen LogP contribution >= 0.6 is 0 Å². The number of carbonyl (C=O) groups is 1. The second-order valence-electron chi connectivity index (χ2n) is 5.50. The number of nitrogen functional groups attached to an aromatic ring is 1. The SMILES string of the molecule is COCCC1(CNC(=O)c2ccc(N)cc2C)CC1. The average molecular weight is 262 g/mol. The molecule has 104 valence electrons. The largest absolute Gasteiger partial charge is 0.399 e. The molecule has 3 N–H and O–H groups in total. The fraction of sp³-hybridized carbons (Fsp3) is 0.533. The number of hydrogen-bond donors (Lipinski definition) is 2. The minimum Gasteiger partial charge on any atom is -0.399 e. The number of hydrogen-bond acceptors (Lipinski definition) is 3. The molecule has 0 aliphatic heterocycles. The lowest BCUT2D eigenvalue weighted by molar-refractivity contribution is 0.0937. The molecule has 0 saturated heterocycles. The molecule has 2 rings (SSSR count).